The highest BCUT2D eigenvalue weighted by atomic mass is 32.2. The summed E-state index contributed by atoms with van der Waals surface area (Å²) < 4.78 is 71.1. The molecular formula is C31H39F3N4O5S. The number of aliphatic hydroxyl groups excluding tert-OH is 2. The second kappa shape index (κ2) is 14.6. The number of hydrogen-bond acceptors (Lipinski definition) is 8. The van der Waals surface area contributed by atoms with Gasteiger partial charge in [-0.2, -0.15) is 13.2 Å². The summed E-state index contributed by atoms with van der Waals surface area (Å²) in [6, 6.07) is 11.7. The fourth-order valence-electron chi connectivity index (χ4n) is 5.73. The molecule has 1 heterocycles. The van der Waals surface area contributed by atoms with Crippen molar-refractivity contribution in [1.82, 2.24) is 9.47 Å². The maximum Gasteiger partial charge on any atom is 0.406 e. The summed E-state index contributed by atoms with van der Waals surface area (Å²) in [5.41, 5.74) is 1.89. The molecule has 0 radical (unpaired) electrons. The van der Waals surface area contributed by atoms with Crippen LogP contribution in [-0.4, -0.2) is 92.6 Å². The van der Waals surface area contributed by atoms with E-state index in [4.69, 9.17) is 4.74 Å². The van der Waals surface area contributed by atoms with Crippen molar-refractivity contribution in [3.05, 3.63) is 48.2 Å². The van der Waals surface area contributed by atoms with Gasteiger partial charge >= 0.3 is 6.18 Å². The quantitative estimate of drug-likeness (QED) is 0.220. The molecule has 1 fully saturated rings. The highest BCUT2D eigenvalue weighted by molar-refractivity contribution is 7.90. The van der Waals surface area contributed by atoms with Crippen molar-refractivity contribution in [2.75, 3.05) is 56.8 Å². The molecule has 0 saturated heterocycles. The summed E-state index contributed by atoms with van der Waals surface area (Å²) in [6.07, 6.45) is 0.115. The molecule has 0 atom stereocenters. The number of aromatic nitrogens is 1. The van der Waals surface area contributed by atoms with Gasteiger partial charge in [0.25, 0.3) is 0 Å². The van der Waals surface area contributed by atoms with Gasteiger partial charge in [0.15, 0.2) is 9.84 Å². The Balaban J connectivity index is 1.53. The van der Waals surface area contributed by atoms with E-state index in [9.17, 15) is 31.8 Å². The van der Waals surface area contributed by atoms with Gasteiger partial charge in [-0.3, -0.25) is 4.90 Å². The lowest BCUT2D eigenvalue weighted by Crippen LogP contribution is -2.43. The monoisotopic (exact) mass is 636 g/mol. The van der Waals surface area contributed by atoms with Gasteiger partial charge < -0.3 is 30.2 Å². The average molecular weight is 637 g/mol. The molecule has 9 nitrogen and oxygen atoms in total. The Labute approximate surface area is 255 Å². The molecule has 240 valence electrons. The number of benzene rings is 2. The van der Waals surface area contributed by atoms with Crippen LogP contribution in [0, 0.1) is 11.8 Å². The van der Waals surface area contributed by atoms with Crippen LogP contribution in [0.5, 0.6) is 5.75 Å². The molecule has 44 heavy (non-hydrogen) atoms. The molecule has 1 aliphatic rings. The highest BCUT2D eigenvalue weighted by Crippen LogP contribution is 2.33. The largest absolute Gasteiger partial charge is 0.495 e. The Hall–Kier alpha value is -3.44. The fourth-order valence-corrected chi connectivity index (χ4v) is 6.36. The van der Waals surface area contributed by atoms with Crippen LogP contribution in [-0.2, 0) is 16.4 Å². The Morgan fingerprint density at radius 3 is 2.36 bits per heavy atom. The minimum absolute atomic E-state index is 0.0308. The first-order valence-corrected chi connectivity index (χ1v) is 16.3. The molecule has 4 N–H and O–H groups in total. The first-order chi connectivity index (χ1) is 20.9. The summed E-state index contributed by atoms with van der Waals surface area (Å²) in [6.45, 7) is -0.0175. The SMILES string of the molecule is COc1cc(S(C)(=O)=O)ccc1NCC#Cc1cc2c(N[C@H]3CC[C@@H](N(CCO)CCO)CC3)cccc2n1CC(F)(F)F. The number of alkyl halides is 3. The van der Waals surface area contributed by atoms with E-state index >= 15 is 0 Å². The van der Waals surface area contributed by atoms with Crippen LogP contribution in [0.4, 0.5) is 24.5 Å². The number of sulfone groups is 1. The van der Waals surface area contributed by atoms with E-state index in [1.807, 2.05) is 6.07 Å². The van der Waals surface area contributed by atoms with Crippen LogP contribution in [0.25, 0.3) is 10.9 Å². The van der Waals surface area contributed by atoms with E-state index in [1.165, 1.54) is 23.8 Å². The van der Waals surface area contributed by atoms with Crippen LogP contribution in [0.3, 0.4) is 0 Å². The predicted octanol–water partition coefficient (Wildman–Crippen LogP) is 4.09. The fraction of sp³-hybridized carbons (Fsp3) is 0.484. The number of methoxy groups -OCH3 is 1. The van der Waals surface area contributed by atoms with Crippen LogP contribution in [0.2, 0.25) is 0 Å². The second-order valence-corrected chi connectivity index (χ2v) is 12.9. The topological polar surface area (TPSA) is 116 Å². The third kappa shape index (κ3) is 8.59. The van der Waals surface area contributed by atoms with Crippen LogP contribution >= 0.6 is 0 Å². The summed E-state index contributed by atoms with van der Waals surface area (Å²) in [7, 11) is -2.01. The maximum absolute atomic E-state index is 13.6. The molecule has 0 spiro atoms. The van der Waals surface area contributed by atoms with Gasteiger partial charge in [0.05, 0.1) is 48.7 Å². The van der Waals surface area contributed by atoms with Crippen LogP contribution < -0.4 is 15.4 Å². The number of rotatable bonds is 12. The zero-order valence-electron chi connectivity index (χ0n) is 24.8. The molecule has 13 heteroatoms. The summed E-state index contributed by atoms with van der Waals surface area (Å²) >= 11 is 0. The molecule has 0 unspecified atom stereocenters. The van der Waals surface area contributed by atoms with E-state index < -0.39 is 22.6 Å². The molecule has 0 amide bonds. The Kier molecular flexibility index (Phi) is 11.1. The van der Waals surface area contributed by atoms with Crippen molar-refractivity contribution in [3.63, 3.8) is 0 Å². The average Bonchev–Trinajstić information content (AvgIpc) is 3.31. The van der Waals surface area contributed by atoms with Crippen molar-refractivity contribution >= 4 is 32.1 Å². The highest BCUT2D eigenvalue weighted by Gasteiger charge is 2.30. The molecule has 1 aliphatic carbocycles. The minimum Gasteiger partial charge on any atom is -0.495 e. The number of aliphatic hydroxyl groups is 2. The standard InChI is InChI=1S/C31H39F3N4O5S/c1-43-30-20-25(44(2,41)42)12-13-28(30)35-14-4-5-24-19-26-27(6-3-7-29(26)38(24)21-31(32,33)34)36-22-8-10-23(11-9-22)37(15-17-39)16-18-40/h3,6-7,12-13,19-20,22-23,35-36,39-40H,8-11,14-18,21H2,1-2H3/t22-,23+. The Bertz CT molecular complexity index is 1580. The van der Waals surface area contributed by atoms with Gasteiger partial charge in [0.1, 0.15) is 12.3 Å². The van der Waals surface area contributed by atoms with E-state index in [0.29, 0.717) is 35.4 Å². The number of nitrogens with one attached hydrogen (secondary N) is 2. The molecule has 1 aromatic heterocycles. The van der Waals surface area contributed by atoms with Crippen molar-refractivity contribution < 1.29 is 36.5 Å². The Morgan fingerprint density at radius 1 is 1.05 bits per heavy atom. The van der Waals surface area contributed by atoms with Gasteiger partial charge in [-0.25, -0.2) is 8.42 Å². The lowest BCUT2D eigenvalue weighted by molar-refractivity contribution is -0.140. The predicted molar refractivity (Wildman–Crippen MR) is 165 cm³/mol. The summed E-state index contributed by atoms with van der Waals surface area (Å²) in [5, 5.41) is 26.0. The third-order valence-corrected chi connectivity index (χ3v) is 8.93. The first-order valence-electron chi connectivity index (χ1n) is 14.5. The smallest absolute Gasteiger partial charge is 0.406 e. The van der Waals surface area contributed by atoms with Crippen LogP contribution in [0.15, 0.2) is 47.4 Å². The lowest BCUT2D eigenvalue weighted by atomic mass is 9.89. The van der Waals surface area contributed by atoms with Gasteiger partial charge in [0.2, 0.25) is 0 Å². The number of nitrogens with zero attached hydrogens (tertiary/aromatic N) is 2. The zero-order chi connectivity index (χ0) is 31.9. The second-order valence-electron chi connectivity index (χ2n) is 10.9. The van der Waals surface area contributed by atoms with Crippen molar-refractivity contribution in [2.24, 2.45) is 0 Å². The number of hydrogen-bond donors (Lipinski definition) is 4. The maximum atomic E-state index is 13.6. The molecule has 2 aromatic carbocycles. The summed E-state index contributed by atoms with van der Waals surface area (Å²) in [5.74, 6) is 6.07. The zero-order valence-corrected chi connectivity index (χ0v) is 25.6. The van der Waals surface area contributed by atoms with E-state index in [1.54, 1.807) is 24.3 Å². The third-order valence-electron chi connectivity index (χ3n) is 7.82. The lowest BCUT2D eigenvalue weighted by Gasteiger charge is -2.37. The molecular weight excluding hydrogens is 597 g/mol. The van der Waals surface area contributed by atoms with Gasteiger partial charge in [-0.05, 0) is 61.9 Å². The van der Waals surface area contributed by atoms with E-state index in [0.717, 1.165) is 37.6 Å². The summed E-state index contributed by atoms with van der Waals surface area (Å²) in [4.78, 5) is 2.21. The Morgan fingerprint density at radius 2 is 1.75 bits per heavy atom. The van der Waals surface area contributed by atoms with Crippen molar-refractivity contribution in [1.29, 1.82) is 0 Å². The first kappa shape index (κ1) is 33.5. The van der Waals surface area contributed by atoms with Crippen molar-refractivity contribution in [3.8, 4) is 17.6 Å². The van der Waals surface area contributed by atoms with Gasteiger partial charge in [-0.1, -0.05) is 12.0 Å². The van der Waals surface area contributed by atoms with Crippen LogP contribution in [0.1, 0.15) is 31.4 Å². The molecule has 0 aliphatic heterocycles. The number of ether oxygens (including phenoxy) is 1. The molecule has 1 saturated carbocycles. The molecule has 3 aromatic rings. The molecule has 4 rings (SSSR count). The van der Waals surface area contributed by atoms with Gasteiger partial charge in [-0.15, -0.1) is 0 Å². The minimum atomic E-state index is -4.45. The normalized spacial score (nSPS) is 17.4. The number of halogens is 3. The van der Waals surface area contributed by atoms with Crippen molar-refractivity contribution in [2.45, 2.75) is 55.4 Å². The van der Waals surface area contributed by atoms with E-state index in [2.05, 4.69) is 27.4 Å². The van der Waals surface area contributed by atoms with Gasteiger partial charge in [0, 0.05) is 48.6 Å². The number of fused-ring (bicyclic) bond motifs is 1. The van der Waals surface area contributed by atoms with E-state index in [-0.39, 0.29) is 42.4 Å². The number of anilines is 2. The molecule has 0 bridgehead atoms.